The number of benzene rings is 2. The summed E-state index contributed by atoms with van der Waals surface area (Å²) < 4.78 is 64.9. The molecule has 0 saturated heterocycles. The summed E-state index contributed by atoms with van der Waals surface area (Å²) in [6.45, 7) is 1.72. The first kappa shape index (κ1) is 25.2. The molecule has 5 rings (SSSR count). The van der Waals surface area contributed by atoms with Gasteiger partial charge in [-0.2, -0.15) is 5.10 Å². The van der Waals surface area contributed by atoms with E-state index in [0.29, 0.717) is 17.0 Å². The van der Waals surface area contributed by atoms with Gasteiger partial charge in [0.25, 0.3) is 0 Å². The predicted octanol–water partition coefficient (Wildman–Crippen LogP) is 6.33. The van der Waals surface area contributed by atoms with Gasteiger partial charge in [0.05, 0.1) is 35.0 Å². The van der Waals surface area contributed by atoms with Gasteiger partial charge in [-0.1, -0.05) is 26.8 Å². The van der Waals surface area contributed by atoms with Crippen LogP contribution in [0.25, 0.3) is 10.9 Å². The summed E-state index contributed by atoms with van der Waals surface area (Å²) in [7, 11) is 0.999. The number of pyridine rings is 1. The van der Waals surface area contributed by atoms with Crippen molar-refractivity contribution in [1.82, 2.24) is 14.8 Å². The fraction of sp³-hybridized carbons (Fsp3) is 0.394. The zero-order valence-electron chi connectivity index (χ0n) is 28.8. The van der Waals surface area contributed by atoms with Crippen LogP contribution in [0.3, 0.4) is 0 Å². The highest BCUT2D eigenvalue weighted by Gasteiger charge is 2.30. The molecule has 0 atom stereocenters. The van der Waals surface area contributed by atoms with E-state index in [1.807, 2.05) is 10.7 Å². The Kier molecular flexibility index (Phi) is 7.33. The van der Waals surface area contributed by atoms with Crippen molar-refractivity contribution in [2.24, 2.45) is 0 Å². The fourth-order valence-electron chi connectivity index (χ4n) is 4.64. The van der Waals surface area contributed by atoms with Gasteiger partial charge in [0.1, 0.15) is 23.8 Å². The fourth-order valence-corrected chi connectivity index (χ4v) is 4.64. The largest absolute Gasteiger partial charge is 0.489 e. The third-order valence-electron chi connectivity index (χ3n) is 6.89. The molecular formula is C33H37FN4O5. The molecule has 226 valence electrons. The molecule has 4 aromatic rings. The highest BCUT2D eigenvalue weighted by Crippen LogP contribution is 2.38. The average molecular weight is 593 g/mol. The summed E-state index contributed by atoms with van der Waals surface area (Å²) in [6, 6.07) is 10.9. The maximum Gasteiger partial charge on any atom is 0.221 e. The Morgan fingerprint density at radius 3 is 2.53 bits per heavy atom. The van der Waals surface area contributed by atoms with Crippen LogP contribution in [-0.4, -0.2) is 46.7 Å². The topological polar surface area (TPSA) is 105 Å². The normalized spacial score (nSPS) is 15.3. The van der Waals surface area contributed by atoms with Crippen molar-refractivity contribution < 1.29 is 33.7 Å². The second-order valence-corrected chi connectivity index (χ2v) is 11.6. The number of methoxy groups -OCH3 is 1. The number of hydrogen-bond acceptors (Lipinski definition) is 7. The lowest BCUT2D eigenvalue weighted by Crippen LogP contribution is -2.13. The van der Waals surface area contributed by atoms with Crippen LogP contribution in [-0.2, 0) is 32.6 Å². The smallest absolute Gasteiger partial charge is 0.221 e. The van der Waals surface area contributed by atoms with Gasteiger partial charge in [0, 0.05) is 55.6 Å². The molecule has 1 amide bonds. The first-order valence-electron chi connectivity index (χ1n) is 16.0. The van der Waals surface area contributed by atoms with Gasteiger partial charge >= 0.3 is 0 Å². The van der Waals surface area contributed by atoms with E-state index in [1.54, 1.807) is 6.07 Å². The number of ketones is 1. The van der Waals surface area contributed by atoms with Gasteiger partial charge in [-0.3, -0.25) is 19.3 Å². The zero-order chi connectivity index (χ0) is 34.3. The van der Waals surface area contributed by atoms with Crippen molar-refractivity contribution in [2.75, 3.05) is 25.5 Å². The lowest BCUT2D eigenvalue weighted by molar-refractivity contribution is -0.118. The number of hydrogen-bond donors (Lipinski definition) is 1. The van der Waals surface area contributed by atoms with Gasteiger partial charge in [-0.15, -0.1) is 0 Å². The van der Waals surface area contributed by atoms with Crippen molar-refractivity contribution >= 4 is 28.3 Å². The molecule has 2 aromatic carbocycles. The molecule has 1 aliphatic rings. The summed E-state index contributed by atoms with van der Waals surface area (Å²) >= 11 is 0. The van der Waals surface area contributed by atoms with Crippen molar-refractivity contribution in [2.45, 2.75) is 64.8 Å². The van der Waals surface area contributed by atoms with E-state index in [2.05, 4.69) is 35.8 Å². The van der Waals surface area contributed by atoms with E-state index in [-0.39, 0.29) is 52.5 Å². The van der Waals surface area contributed by atoms with E-state index in [9.17, 15) is 9.59 Å². The number of aromatic nitrogens is 3. The number of rotatable bonds is 12. The number of Topliss-reactive ketones (excluding diaryl/α,β-unsaturated/α-hetero) is 1. The van der Waals surface area contributed by atoms with Crippen LogP contribution in [0.2, 0.25) is 0 Å². The molecule has 0 aliphatic heterocycles. The Bertz CT molecular complexity index is 1840. The second-order valence-electron chi connectivity index (χ2n) is 11.6. The number of amides is 1. The first-order valence-corrected chi connectivity index (χ1v) is 14.0. The van der Waals surface area contributed by atoms with E-state index < -0.39 is 24.8 Å². The number of carbonyl (C=O) groups excluding carboxylic acids is 2. The monoisotopic (exact) mass is 592 g/mol. The minimum atomic E-state index is -2.95. The van der Waals surface area contributed by atoms with E-state index in [4.69, 9.17) is 20.1 Å². The Balaban J connectivity index is 1.36. The quantitative estimate of drug-likeness (QED) is 0.205. The number of nitrogens with zero attached hydrogens (tertiary/aromatic N) is 3. The maximum atomic E-state index is 15.3. The van der Waals surface area contributed by atoms with Gasteiger partial charge in [0.15, 0.2) is 11.6 Å². The summed E-state index contributed by atoms with van der Waals surface area (Å²) in [6.07, 6.45) is 3.71. The highest BCUT2D eigenvalue weighted by molar-refractivity contribution is 5.97. The van der Waals surface area contributed by atoms with Crippen LogP contribution in [0.5, 0.6) is 17.2 Å². The van der Waals surface area contributed by atoms with Gasteiger partial charge < -0.3 is 19.5 Å². The van der Waals surface area contributed by atoms with E-state index in [1.165, 1.54) is 43.5 Å². The Labute approximate surface area is 256 Å². The predicted molar refractivity (Wildman–Crippen MR) is 162 cm³/mol. The third-order valence-corrected chi connectivity index (χ3v) is 6.89. The third kappa shape index (κ3) is 7.37. The molecule has 2 aromatic heterocycles. The van der Waals surface area contributed by atoms with Crippen LogP contribution in [0.4, 0.5) is 10.1 Å². The van der Waals surface area contributed by atoms with Crippen LogP contribution in [0.15, 0.2) is 48.7 Å². The highest BCUT2D eigenvalue weighted by atomic mass is 19.1. The number of nitrogens with one attached hydrogen (secondary N) is 1. The van der Waals surface area contributed by atoms with Crippen LogP contribution in [0.1, 0.15) is 69.0 Å². The number of anilines is 1. The molecule has 1 aliphatic carbocycles. The van der Waals surface area contributed by atoms with Gasteiger partial charge in [0.2, 0.25) is 5.91 Å². The molecule has 43 heavy (non-hydrogen) atoms. The number of carbonyl (C=O) groups is 2. The Hall–Kier alpha value is -4.31. The minimum absolute atomic E-state index is 0.00519. The molecule has 1 saturated carbocycles. The van der Waals surface area contributed by atoms with Crippen molar-refractivity contribution in [3.05, 3.63) is 71.4 Å². The summed E-state index contributed by atoms with van der Waals surface area (Å²) in [5.74, 6) is -1.39. The number of ether oxygens (including phenoxy) is 3. The summed E-state index contributed by atoms with van der Waals surface area (Å²) in [4.78, 5) is 29.3. The van der Waals surface area contributed by atoms with Gasteiger partial charge in [-0.05, 0) is 48.7 Å². The van der Waals surface area contributed by atoms with E-state index >= 15 is 4.39 Å². The lowest BCUT2D eigenvalue weighted by atomic mass is 9.92. The molecule has 2 heterocycles. The maximum absolute atomic E-state index is 15.3. The molecule has 0 spiro atoms. The van der Waals surface area contributed by atoms with E-state index in [0.717, 1.165) is 31.3 Å². The van der Waals surface area contributed by atoms with Gasteiger partial charge in [-0.25, -0.2) is 4.39 Å². The van der Waals surface area contributed by atoms with Crippen LogP contribution >= 0.6 is 0 Å². The molecule has 10 heteroatoms. The van der Waals surface area contributed by atoms with Crippen molar-refractivity contribution in [1.29, 1.82) is 0 Å². The molecule has 1 fully saturated rings. The molecule has 1 N–H and O–H groups in total. The second kappa shape index (κ2) is 12.5. The van der Waals surface area contributed by atoms with Crippen molar-refractivity contribution in [3.8, 4) is 17.2 Å². The summed E-state index contributed by atoms with van der Waals surface area (Å²) in [5, 5.41) is 7.63. The molecule has 0 radical (unpaired) electrons. The molecule has 0 bridgehead atoms. The minimum Gasteiger partial charge on any atom is -0.489 e. The number of halogens is 1. The lowest BCUT2D eigenvalue weighted by Gasteiger charge is -2.15. The number of fused-ring (bicyclic) bond motifs is 1. The average Bonchev–Trinajstić information content (AvgIpc) is 3.73. The Morgan fingerprint density at radius 1 is 1.07 bits per heavy atom. The first-order chi connectivity index (χ1) is 22.0. The summed E-state index contributed by atoms with van der Waals surface area (Å²) in [5.41, 5.74) is 2.40. The Morgan fingerprint density at radius 2 is 1.86 bits per heavy atom. The standard InChI is InChI=1S/C33H37FN4O5/c1-20(39)36-28-18-25-27(19-31(28)42-13-12-41-5)35-11-10-29(25)43-30-9-6-21(15-26(30)34)14-24(40)16-23-17-32(33(2,3)4)37-38(23)22-7-8-22/h6,9-11,15,17-19,22H,7-8,12-14,16H2,1-5H3,(H,36,39)/i12D2,13D2. The SMILES string of the molecule is [2H]C([2H])(OC)C([2H])([2H])Oc1cc2nccc(Oc3ccc(CC(=O)Cc4cc(C(C)(C)C)nn4C4CC4)cc3F)c2cc1NC(C)=O. The molecule has 9 nitrogen and oxygen atoms in total. The van der Waals surface area contributed by atoms with Crippen LogP contribution < -0.4 is 14.8 Å². The molecule has 0 unspecified atom stereocenters. The zero-order valence-corrected chi connectivity index (χ0v) is 24.8. The van der Waals surface area contributed by atoms with Crippen LogP contribution in [0, 0.1) is 5.82 Å². The van der Waals surface area contributed by atoms with Crippen molar-refractivity contribution in [3.63, 3.8) is 0 Å². The molecular weight excluding hydrogens is 551 g/mol.